The molecule has 0 aliphatic carbocycles. The van der Waals surface area contributed by atoms with Crippen molar-refractivity contribution in [3.8, 4) is 0 Å². The summed E-state index contributed by atoms with van der Waals surface area (Å²) in [6, 6.07) is 0. The fourth-order valence-electron chi connectivity index (χ4n) is 3.60. The van der Waals surface area contributed by atoms with Crippen molar-refractivity contribution in [2.45, 2.75) is 100 Å². The van der Waals surface area contributed by atoms with Crippen LogP contribution in [0.4, 0.5) is 0 Å². The van der Waals surface area contributed by atoms with Gasteiger partial charge in [-0.15, -0.1) is 0 Å². The van der Waals surface area contributed by atoms with Crippen LogP contribution in [0.25, 0.3) is 0 Å². The zero-order valence-corrected chi connectivity index (χ0v) is 19.0. The van der Waals surface area contributed by atoms with Crippen LogP contribution in [0.5, 0.6) is 0 Å². The van der Waals surface area contributed by atoms with Gasteiger partial charge in [0.15, 0.2) is 0 Å². The summed E-state index contributed by atoms with van der Waals surface area (Å²) in [5.74, 6) is 0. The number of rotatable bonds is 1. The van der Waals surface area contributed by atoms with Gasteiger partial charge in [-0.05, 0) is 17.0 Å². The molecule has 3 heteroatoms. The number of allylic oxidation sites excluding steroid dienone is 1. The third kappa shape index (κ3) is 3.45. The molecule has 1 heterocycles. The Labute approximate surface area is 146 Å². The Hall–Kier alpha value is -0.573. The molecule has 0 fully saturated rings. The highest BCUT2D eigenvalue weighted by molar-refractivity contribution is 6.89. The predicted octanol–water partition coefficient (Wildman–Crippen LogP) is 6.74. The Morgan fingerprint density at radius 1 is 0.826 bits per heavy atom. The molecule has 1 rings (SSSR count). The molecule has 0 bridgehead atoms. The van der Waals surface area contributed by atoms with Crippen LogP contribution in [0.2, 0.25) is 10.1 Å². The summed E-state index contributed by atoms with van der Waals surface area (Å²) in [6.07, 6.45) is 0. The highest BCUT2D eigenvalue weighted by atomic mass is 28.3. The van der Waals surface area contributed by atoms with Crippen LogP contribution >= 0.6 is 0 Å². The minimum atomic E-state index is -1.91. The monoisotopic (exact) mass is 336 g/mol. The van der Waals surface area contributed by atoms with Crippen molar-refractivity contribution >= 4 is 13.9 Å². The van der Waals surface area contributed by atoms with Crippen molar-refractivity contribution in [3.05, 3.63) is 11.4 Å². The molecule has 0 amide bonds. The van der Waals surface area contributed by atoms with Crippen molar-refractivity contribution in [2.75, 3.05) is 0 Å². The number of hydrazone groups is 1. The maximum atomic E-state index is 5.23. The lowest BCUT2D eigenvalue weighted by Gasteiger charge is -2.62. The largest absolute Gasteiger partial charge is 0.293 e. The van der Waals surface area contributed by atoms with E-state index in [9.17, 15) is 0 Å². The van der Waals surface area contributed by atoms with Gasteiger partial charge in [0.2, 0.25) is 8.24 Å². The van der Waals surface area contributed by atoms with Gasteiger partial charge in [-0.25, -0.2) is 0 Å². The average Bonchev–Trinajstić information content (AvgIpc) is 2.16. The lowest BCUT2D eigenvalue weighted by molar-refractivity contribution is 0.320. The Morgan fingerprint density at radius 3 is 1.48 bits per heavy atom. The molecule has 0 unspecified atom stereocenters. The molecular weight excluding hydrogens is 296 g/mol. The van der Waals surface area contributed by atoms with Crippen molar-refractivity contribution in [2.24, 2.45) is 15.9 Å². The molecular formula is C20H40N2Si. The second kappa shape index (κ2) is 5.47. The van der Waals surface area contributed by atoms with Crippen LogP contribution in [0.3, 0.4) is 0 Å². The maximum Gasteiger partial charge on any atom is 0.221 e. The minimum Gasteiger partial charge on any atom is -0.293 e. The molecule has 0 spiro atoms. The highest BCUT2D eigenvalue weighted by Crippen LogP contribution is 2.61. The third-order valence-electron chi connectivity index (χ3n) is 5.30. The van der Waals surface area contributed by atoms with Crippen LogP contribution in [-0.4, -0.2) is 18.6 Å². The lowest BCUT2D eigenvalue weighted by atomic mass is 9.91. The molecule has 0 aromatic rings. The standard InChI is InChI=1S/C20H40N2Si/c1-15(17(2,3)4)21-22-16(18(5,6)7)14-23(22,19(8,9)10)20(11,12)13/h14H,1-13H3/b21-15+. The SMILES string of the molecule is C/C(=N\N1C(C(C)(C)C)=C[Si]1(C(C)(C)C)C(C)(C)C)C(C)(C)C. The van der Waals surface area contributed by atoms with Crippen LogP contribution < -0.4 is 0 Å². The average molecular weight is 337 g/mol. The van der Waals surface area contributed by atoms with E-state index in [1.54, 1.807) is 0 Å². The molecule has 134 valence electrons. The molecule has 0 radical (unpaired) electrons. The first kappa shape index (κ1) is 20.5. The van der Waals surface area contributed by atoms with Gasteiger partial charge in [0.25, 0.3) is 0 Å². The van der Waals surface area contributed by atoms with Crippen molar-refractivity contribution < 1.29 is 0 Å². The molecule has 0 aromatic carbocycles. The van der Waals surface area contributed by atoms with Gasteiger partial charge in [-0.3, -0.25) is 4.67 Å². The smallest absolute Gasteiger partial charge is 0.221 e. The maximum absolute atomic E-state index is 5.23. The van der Waals surface area contributed by atoms with E-state index in [1.165, 1.54) is 11.4 Å². The Balaban J connectivity index is 3.62. The van der Waals surface area contributed by atoms with E-state index in [-0.39, 0.29) is 20.9 Å². The van der Waals surface area contributed by atoms with E-state index >= 15 is 0 Å². The molecule has 2 nitrogen and oxygen atoms in total. The quantitative estimate of drug-likeness (QED) is 0.382. The minimum absolute atomic E-state index is 0.106. The van der Waals surface area contributed by atoms with Gasteiger partial charge >= 0.3 is 0 Å². The van der Waals surface area contributed by atoms with Gasteiger partial charge in [0.05, 0.1) is 0 Å². The number of hydrogen-bond donors (Lipinski definition) is 0. The fourth-order valence-corrected chi connectivity index (χ4v) is 9.96. The second-order valence-corrected chi connectivity index (χ2v) is 16.5. The van der Waals surface area contributed by atoms with Gasteiger partial charge < -0.3 is 0 Å². The van der Waals surface area contributed by atoms with Crippen LogP contribution in [0.1, 0.15) is 90.0 Å². The van der Waals surface area contributed by atoms with Crippen molar-refractivity contribution in [1.82, 2.24) is 4.67 Å². The van der Waals surface area contributed by atoms with Crippen LogP contribution in [-0.2, 0) is 0 Å². The number of nitrogens with zero attached hydrogens (tertiary/aromatic N) is 2. The predicted molar refractivity (Wildman–Crippen MR) is 107 cm³/mol. The zero-order chi connectivity index (χ0) is 18.6. The van der Waals surface area contributed by atoms with E-state index in [2.05, 4.69) is 100 Å². The first-order valence-electron chi connectivity index (χ1n) is 8.95. The Kier molecular flexibility index (Phi) is 4.87. The zero-order valence-electron chi connectivity index (χ0n) is 18.0. The topological polar surface area (TPSA) is 15.6 Å². The summed E-state index contributed by atoms with van der Waals surface area (Å²) in [5, 5.41) is 5.71. The fraction of sp³-hybridized carbons (Fsp3) is 0.850. The molecule has 0 N–H and O–H groups in total. The Morgan fingerprint density at radius 2 is 1.22 bits per heavy atom. The second-order valence-electron chi connectivity index (χ2n) is 11.3. The van der Waals surface area contributed by atoms with E-state index in [0.29, 0.717) is 0 Å². The van der Waals surface area contributed by atoms with E-state index in [1.807, 2.05) is 0 Å². The highest BCUT2D eigenvalue weighted by Gasteiger charge is 2.64. The third-order valence-corrected chi connectivity index (χ3v) is 11.6. The van der Waals surface area contributed by atoms with Crippen LogP contribution in [0, 0.1) is 10.8 Å². The molecule has 0 saturated carbocycles. The van der Waals surface area contributed by atoms with Crippen LogP contribution in [0.15, 0.2) is 16.5 Å². The lowest BCUT2D eigenvalue weighted by Crippen LogP contribution is -2.69. The molecule has 1 aliphatic heterocycles. The van der Waals surface area contributed by atoms with E-state index < -0.39 is 8.24 Å². The van der Waals surface area contributed by atoms with Gasteiger partial charge in [0.1, 0.15) is 0 Å². The summed E-state index contributed by atoms with van der Waals surface area (Å²) in [5.41, 5.74) is 5.49. The van der Waals surface area contributed by atoms with Gasteiger partial charge in [-0.2, -0.15) is 5.10 Å². The molecule has 0 atom stereocenters. The van der Waals surface area contributed by atoms with Gasteiger partial charge in [0, 0.05) is 22.2 Å². The first-order chi connectivity index (χ1) is 9.86. The summed E-state index contributed by atoms with van der Waals surface area (Å²) in [4.78, 5) is 0. The van der Waals surface area contributed by atoms with Crippen molar-refractivity contribution in [3.63, 3.8) is 0 Å². The number of hydrogen-bond acceptors (Lipinski definition) is 2. The molecule has 0 aromatic heterocycles. The summed E-state index contributed by atoms with van der Waals surface area (Å²) in [7, 11) is -1.91. The summed E-state index contributed by atoms with van der Waals surface area (Å²) in [6.45, 7) is 30.2. The van der Waals surface area contributed by atoms with Gasteiger partial charge in [-0.1, -0.05) is 88.8 Å². The normalized spacial score (nSPS) is 20.3. The Bertz CT molecular complexity index is 500. The van der Waals surface area contributed by atoms with E-state index in [4.69, 9.17) is 5.10 Å². The summed E-state index contributed by atoms with van der Waals surface area (Å²) < 4.78 is 2.49. The first-order valence-corrected chi connectivity index (χ1v) is 11.0. The molecule has 23 heavy (non-hydrogen) atoms. The van der Waals surface area contributed by atoms with E-state index in [0.717, 1.165) is 0 Å². The van der Waals surface area contributed by atoms with Crippen molar-refractivity contribution in [1.29, 1.82) is 0 Å². The summed E-state index contributed by atoms with van der Waals surface area (Å²) >= 11 is 0. The molecule has 0 saturated heterocycles. The molecule has 1 aliphatic rings.